The summed E-state index contributed by atoms with van der Waals surface area (Å²) in [5, 5.41) is 6.62. The molecule has 2 aliphatic heterocycles. The summed E-state index contributed by atoms with van der Waals surface area (Å²) in [5.41, 5.74) is 3.14. The van der Waals surface area contributed by atoms with Gasteiger partial charge in [-0.15, -0.1) is 0 Å². The van der Waals surface area contributed by atoms with E-state index in [1.807, 2.05) is 13.2 Å². The predicted molar refractivity (Wildman–Crippen MR) is 90.7 cm³/mol. The van der Waals surface area contributed by atoms with Crippen molar-refractivity contribution in [3.05, 3.63) is 23.5 Å². The average Bonchev–Trinajstić information content (AvgIpc) is 2.49. The smallest absolute Gasteiger partial charge is 0.127 e. The lowest BCUT2D eigenvalue weighted by molar-refractivity contribution is -0.0502. The molecule has 3 aliphatic rings. The standard InChI is InChI=1S/C18H28N4O/c1-19-5-2-7-22-8-4-16-15(11-22)17(3-6-21-16)23-14-9-18(10-14)12-20-13-18/h3,6,14,19-20H,2,4-5,7-13H2,1H3. The van der Waals surface area contributed by atoms with Crippen LogP contribution in [0.15, 0.2) is 12.3 Å². The molecule has 4 rings (SSSR count). The Balaban J connectivity index is 1.39. The molecule has 5 heteroatoms. The Bertz CT molecular complexity index is 550. The van der Waals surface area contributed by atoms with Crippen LogP contribution in [0, 0.1) is 5.41 Å². The van der Waals surface area contributed by atoms with E-state index in [1.54, 1.807) is 0 Å². The number of fused-ring (bicyclic) bond motifs is 1. The van der Waals surface area contributed by atoms with Gasteiger partial charge in [-0.3, -0.25) is 9.88 Å². The van der Waals surface area contributed by atoms with Gasteiger partial charge in [-0.05, 0) is 45.5 Å². The van der Waals surface area contributed by atoms with Gasteiger partial charge in [0.05, 0.1) is 6.10 Å². The number of aromatic nitrogens is 1. The van der Waals surface area contributed by atoms with Gasteiger partial charge in [-0.25, -0.2) is 0 Å². The molecule has 1 aromatic heterocycles. The molecule has 1 spiro atoms. The number of hydrogen-bond donors (Lipinski definition) is 2. The maximum absolute atomic E-state index is 6.35. The van der Waals surface area contributed by atoms with E-state index in [1.165, 1.54) is 43.6 Å². The summed E-state index contributed by atoms with van der Waals surface area (Å²) < 4.78 is 6.35. The van der Waals surface area contributed by atoms with Crippen LogP contribution in [0.4, 0.5) is 0 Å². The van der Waals surface area contributed by atoms with Crippen molar-refractivity contribution in [3.63, 3.8) is 0 Å². The van der Waals surface area contributed by atoms with E-state index in [0.29, 0.717) is 11.5 Å². The molecule has 1 aromatic rings. The maximum Gasteiger partial charge on any atom is 0.127 e. The molecule has 0 radical (unpaired) electrons. The number of nitrogens with one attached hydrogen (secondary N) is 2. The minimum Gasteiger partial charge on any atom is -0.490 e. The van der Waals surface area contributed by atoms with Crippen LogP contribution in [0.5, 0.6) is 5.75 Å². The van der Waals surface area contributed by atoms with E-state index >= 15 is 0 Å². The largest absolute Gasteiger partial charge is 0.490 e. The van der Waals surface area contributed by atoms with Gasteiger partial charge in [0.2, 0.25) is 0 Å². The first-order valence-electron chi connectivity index (χ1n) is 8.99. The molecule has 1 saturated carbocycles. The molecule has 0 aromatic carbocycles. The Morgan fingerprint density at radius 2 is 2.30 bits per heavy atom. The summed E-state index contributed by atoms with van der Waals surface area (Å²) in [4.78, 5) is 7.12. The van der Waals surface area contributed by atoms with Gasteiger partial charge in [0.15, 0.2) is 0 Å². The third-order valence-corrected chi connectivity index (χ3v) is 5.66. The molecular weight excluding hydrogens is 288 g/mol. The predicted octanol–water partition coefficient (Wildman–Crippen LogP) is 1.18. The van der Waals surface area contributed by atoms with E-state index in [4.69, 9.17) is 4.74 Å². The number of hydrogen-bond acceptors (Lipinski definition) is 5. The lowest BCUT2D eigenvalue weighted by Crippen LogP contribution is -2.62. The zero-order chi connectivity index (χ0) is 15.7. The molecule has 0 atom stereocenters. The second-order valence-corrected chi connectivity index (χ2v) is 7.47. The Kier molecular flexibility index (Phi) is 4.26. The van der Waals surface area contributed by atoms with Crippen molar-refractivity contribution < 1.29 is 4.74 Å². The van der Waals surface area contributed by atoms with Crippen LogP contribution >= 0.6 is 0 Å². The highest BCUT2D eigenvalue weighted by Crippen LogP contribution is 2.46. The summed E-state index contributed by atoms with van der Waals surface area (Å²) in [6, 6.07) is 2.07. The van der Waals surface area contributed by atoms with Crippen molar-refractivity contribution in [2.45, 2.75) is 38.3 Å². The van der Waals surface area contributed by atoms with E-state index in [0.717, 1.165) is 38.3 Å². The first-order chi connectivity index (χ1) is 11.3. The highest BCUT2D eigenvalue weighted by Gasteiger charge is 2.49. The lowest BCUT2D eigenvalue weighted by Gasteiger charge is -2.53. The molecule has 2 fully saturated rings. The van der Waals surface area contributed by atoms with E-state index in [-0.39, 0.29) is 0 Å². The molecule has 23 heavy (non-hydrogen) atoms. The van der Waals surface area contributed by atoms with Crippen molar-refractivity contribution in [1.82, 2.24) is 20.5 Å². The van der Waals surface area contributed by atoms with Gasteiger partial charge in [-0.1, -0.05) is 0 Å². The molecular formula is C18H28N4O. The quantitative estimate of drug-likeness (QED) is 0.772. The fraction of sp³-hybridized carbons (Fsp3) is 0.722. The van der Waals surface area contributed by atoms with Crippen molar-refractivity contribution in [1.29, 1.82) is 0 Å². The minimum atomic E-state index is 0.406. The van der Waals surface area contributed by atoms with Crippen molar-refractivity contribution in [3.8, 4) is 5.75 Å². The van der Waals surface area contributed by atoms with Crippen LogP contribution in [0.1, 0.15) is 30.5 Å². The van der Waals surface area contributed by atoms with Crippen LogP contribution in [-0.4, -0.2) is 55.8 Å². The van der Waals surface area contributed by atoms with Crippen LogP contribution in [0.2, 0.25) is 0 Å². The van der Waals surface area contributed by atoms with E-state index in [9.17, 15) is 0 Å². The lowest BCUT2D eigenvalue weighted by atomic mass is 9.63. The minimum absolute atomic E-state index is 0.406. The van der Waals surface area contributed by atoms with Crippen molar-refractivity contribution in [2.24, 2.45) is 5.41 Å². The molecule has 0 unspecified atom stereocenters. The first-order valence-corrected chi connectivity index (χ1v) is 8.99. The van der Waals surface area contributed by atoms with Gasteiger partial charge in [0.1, 0.15) is 5.75 Å². The van der Waals surface area contributed by atoms with E-state index in [2.05, 4.69) is 26.6 Å². The molecule has 126 valence electrons. The normalized spacial score (nSPS) is 23.2. The first kappa shape index (κ1) is 15.4. The maximum atomic E-state index is 6.35. The van der Waals surface area contributed by atoms with Gasteiger partial charge in [0.25, 0.3) is 0 Å². The fourth-order valence-electron chi connectivity index (χ4n) is 4.18. The monoisotopic (exact) mass is 316 g/mol. The Morgan fingerprint density at radius 1 is 1.43 bits per heavy atom. The third-order valence-electron chi connectivity index (χ3n) is 5.66. The summed E-state index contributed by atoms with van der Waals surface area (Å²) in [7, 11) is 2.02. The zero-order valence-corrected chi connectivity index (χ0v) is 14.1. The van der Waals surface area contributed by atoms with Gasteiger partial charge >= 0.3 is 0 Å². The highest BCUT2D eigenvalue weighted by atomic mass is 16.5. The summed E-state index contributed by atoms with van der Waals surface area (Å²) in [6.07, 6.45) is 6.99. The molecule has 3 heterocycles. The number of pyridine rings is 1. The summed E-state index contributed by atoms with van der Waals surface area (Å²) in [6.45, 7) is 6.69. The Hall–Kier alpha value is -1.17. The SMILES string of the molecule is CNCCCN1CCc2nccc(OC3CC4(CNC4)C3)c2C1. The van der Waals surface area contributed by atoms with Crippen LogP contribution < -0.4 is 15.4 Å². The highest BCUT2D eigenvalue weighted by molar-refractivity contribution is 5.37. The summed E-state index contributed by atoms with van der Waals surface area (Å²) >= 11 is 0. The second-order valence-electron chi connectivity index (χ2n) is 7.47. The van der Waals surface area contributed by atoms with Gasteiger partial charge in [-0.2, -0.15) is 0 Å². The molecule has 1 aliphatic carbocycles. The fourth-order valence-corrected chi connectivity index (χ4v) is 4.18. The zero-order valence-electron chi connectivity index (χ0n) is 14.1. The number of nitrogens with zero attached hydrogens (tertiary/aromatic N) is 2. The summed E-state index contributed by atoms with van der Waals surface area (Å²) in [5.74, 6) is 1.08. The molecule has 1 saturated heterocycles. The Morgan fingerprint density at radius 3 is 3.04 bits per heavy atom. The topological polar surface area (TPSA) is 49.4 Å². The number of ether oxygens (including phenoxy) is 1. The molecule has 0 amide bonds. The molecule has 5 nitrogen and oxygen atoms in total. The third kappa shape index (κ3) is 3.10. The second kappa shape index (κ2) is 6.38. The average molecular weight is 316 g/mol. The molecule has 0 bridgehead atoms. The number of rotatable bonds is 6. The van der Waals surface area contributed by atoms with Gasteiger partial charge < -0.3 is 15.4 Å². The van der Waals surface area contributed by atoms with Crippen LogP contribution in [0.25, 0.3) is 0 Å². The van der Waals surface area contributed by atoms with Gasteiger partial charge in [0, 0.05) is 55.5 Å². The van der Waals surface area contributed by atoms with Crippen molar-refractivity contribution >= 4 is 0 Å². The van der Waals surface area contributed by atoms with Crippen LogP contribution in [0.3, 0.4) is 0 Å². The van der Waals surface area contributed by atoms with E-state index < -0.39 is 0 Å². The Labute approximate surface area is 138 Å². The molecule has 2 N–H and O–H groups in total. The van der Waals surface area contributed by atoms with Crippen LogP contribution in [-0.2, 0) is 13.0 Å². The van der Waals surface area contributed by atoms with Crippen molar-refractivity contribution in [2.75, 3.05) is 39.8 Å².